The van der Waals surface area contributed by atoms with E-state index in [0.717, 1.165) is 16.4 Å². The Hall–Kier alpha value is -3.04. The van der Waals surface area contributed by atoms with Gasteiger partial charge in [-0.2, -0.15) is 9.78 Å². The van der Waals surface area contributed by atoms with Gasteiger partial charge in [0.1, 0.15) is 6.20 Å². The third-order valence-corrected chi connectivity index (χ3v) is 6.72. The third kappa shape index (κ3) is 5.05. The number of H-pyrrole nitrogens is 1. The first kappa shape index (κ1) is 24.1. The van der Waals surface area contributed by atoms with Gasteiger partial charge in [0.05, 0.1) is 16.3 Å². The average molecular weight is 509 g/mol. The number of nitrogens with zero attached hydrogens (tertiary/aromatic N) is 2. The number of halogens is 4. The molecule has 3 aromatic rings. The quantitative estimate of drug-likeness (QED) is 0.541. The maximum absolute atomic E-state index is 13.9. The van der Waals surface area contributed by atoms with Gasteiger partial charge >= 0.3 is 5.69 Å². The summed E-state index contributed by atoms with van der Waals surface area (Å²) in [6, 6.07) is 11.3. The summed E-state index contributed by atoms with van der Waals surface area (Å²) >= 11 is 12.2. The summed E-state index contributed by atoms with van der Waals surface area (Å²) in [6.07, 6.45) is 0.730. The van der Waals surface area contributed by atoms with Crippen LogP contribution in [-0.2, 0) is 5.41 Å². The summed E-state index contributed by atoms with van der Waals surface area (Å²) in [5.74, 6) is -3.27. The summed E-state index contributed by atoms with van der Waals surface area (Å²) in [6.45, 7) is 0.112. The molecule has 1 amide bonds. The van der Waals surface area contributed by atoms with Crippen LogP contribution in [0, 0.1) is 0 Å². The zero-order valence-corrected chi connectivity index (χ0v) is 19.3. The first-order valence-corrected chi connectivity index (χ1v) is 11.2. The lowest BCUT2D eigenvalue weighted by atomic mass is 9.68. The summed E-state index contributed by atoms with van der Waals surface area (Å²) in [5, 5.41) is 7.26. The molecule has 0 saturated heterocycles. The van der Waals surface area contributed by atoms with Crippen LogP contribution in [0.5, 0.6) is 0 Å². The number of benzene rings is 2. The van der Waals surface area contributed by atoms with Gasteiger partial charge in [0.2, 0.25) is 5.92 Å². The van der Waals surface area contributed by atoms with E-state index < -0.39 is 28.5 Å². The molecule has 0 spiro atoms. The molecule has 1 saturated carbocycles. The fraction of sp³-hybridized carbons (Fsp3) is 0.304. The summed E-state index contributed by atoms with van der Waals surface area (Å²) in [7, 11) is 0. The fourth-order valence-electron chi connectivity index (χ4n) is 4.17. The van der Waals surface area contributed by atoms with Gasteiger partial charge in [0.25, 0.3) is 11.5 Å². The molecule has 34 heavy (non-hydrogen) atoms. The number of aromatic nitrogens is 3. The Bertz CT molecular complexity index is 1330. The molecule has 2 aromatic carbocycles. The van der Waals surface area contributed by atoms with E-state index in [1.54, 1.807) is 24.3 Å². The zero-order valence-electron chi connectivity index (χ0n) is 17.8. The first-order chi connectivity index (χ1) is 16.1. The highest BCUT2D eigenvalue weighted by Crippen LogP contribution is 2.45. The minimum Gasteiger partial charge on any atom is -0.351 e. The highest BCUT2D eigenvalue weighted by Gasteiger charge is 2.44. The highest BCUT2D eigenvalue weighted by atomic mass is 35.5. The Morgan fingerprint density at radius 1 is 1.06 bits per heavy atom. The third-order valence-electron chi connectivity index (χ3n) is 6.13. The lowest BCUT2D eigenvalue weighted by Gasteiger charge is -2.41. The van der Waals surface area contributed by atoms with Crippen molar-refractivity contribution in [3.63, 3.8) is 0 Å². The molecule has 0 bridgehead atoms. The second kappa shape index (κ2) is 9.31. The van der Waals surface area contributed by atoms with Crippen molar-refractivity contribution >= 4 is 29.1 Å². The molecule has 0 radical (unpaired) electrons. The minimum absolute atomic E-state index is 0.0754. The predicted molar refractivity (Wildman–Crippen MR) is 124 cm³/mol. The Balaban J connectivity index is 1.60. The molecule has 0 aliphatic heterocycles. The minimum atomic E-state index is -2.74. The average Bonchev–Trinajstić information content (AvgIpc) is 2.80. The van der Waals surface area contributed by atoms with Crippen molar-refractivity contribution in [2.75, 3.05) is 6.54 Å². The van der Waals surface area contributed by atoms with Crippen molar-refractivity contribution in [1.82, 2.24) is 20.1 Å². The molecule has 0 unspecified atom stereocenters. The Kier molecular flexibility index (Phi) is 6.60. The van der Waals surface area contributed by atoms with Crippen molar-refractivity contribution in [3.05, 3.63) is 90.7 Å². The number of alkyl halides is 2. The van der Waals surface area contributed by atoms with E-state index in [0.29, 0.717) is 5.02 Å². The molecular weight excluding hydrogens is 489 g/mol. The van der Waals surface area contributed by atoms with E-state index in [-0.39, 0.29) is 48.5 Å². The predicted octanol–water partition coefficient (Wildman–Crippen LogP) is 4.10. The van der Waals surface area contributed by atoms with E-state index in [1.807, 2.05) is 0 Å². The molecule has 11 heteroatoms. The molecular formula is C23H20Cl2F2N4O3. The standard InChI is InChI=1S/C23H20Cl2F2N4O3/c24-15-3-1-14(2-4-15)22(7-9-23(26,27)10-8-22)13-28-20(33)17-11-16(5-6-18(17)25)31-21(34)30-19(32)12-29-31/h1-6,11-12H,7-10,13H2,(H,28,33)(H,30,32,34). The van der Waals surface area contributed by atoms with Gasteiger partial charge in [-0.15, -0.1) is 0 Å². The van der Waals surface area contributed by atoms with Gasteiger partial charge < -0.3 is 5.32 Å². The van der Waals surface area contributed by atoms with E-state index >= 15 is 0 Å². The molecule has 2 N–H and O–H groups in total. The van der Waals surface area contributed by atoms with E-state index in [9.17, 15) is 23.2 Å². The molecule has 0 atom stereocenters. The molecule has 178 valence electrons. The van der Waals surface area contributed by atoms with Crippen molar-refractivity contribution in [2.45, 2.75) is 37.0 Å². The van der Waals surface area contributed by atoms with Gasteiger partial charge in [-0.25, -0.2) is 13.6 Å². The van der Waals surface area contributed by atoms with E-state index in [2.05, 4.69) is 15.4 Å². The fourth-order valence-corrected chi connectivity index (χ4v) is 4.50. The van der Waals surface area contributed by atoms with Crippen LogP contribution < -0.4 is 16.6 Å². The number of hydrogen-bond acceptors (Lipinski definition) is 4. The smallest absolute Gasteiger partial charge is 0.349 e. The maximum Gasteiger partial charge on any atom is 0.349 e. The summed E-state index contributed by atoms with van der Waals surface area (Å²) < 4.78 is 28.8. The van der Waals surface area contributed by atoms with Gasteiger partial charge in [-0.1, -0.05) is 35.3 Å². The largest absolute Gasteiger partial charge is 0.351 e. The number of amides is 1. The molecule has 1 heterocycles. The molecule has 1 aliphatic carbocycles. The number of carbonyl (C=O) groups excluding carboxylic acids is 1. The van der Waals surface area contributed by atoms with Crippen molar-refractivity contribution < 1.29 is 13.6 Å². The van der Waals surface area contributed by atoms with Crippen LogP contribution in [0.25, 0.3) is 5.69 Å². The summed E-state index contributed by atoms with van der Waals surface area (Å²) in [5.41, 5.74) is -1.00. The van der Waals surface area contributed by atoms with E-state index in [1.165, 1.54) is 18.2 Å². The normalized spacial score (nSPS) is 16.7. The SMILES string of the molecule is O=C(NCC1(c2ccc(Cl)cc2)CCC(F)(F)CC1)c1cc(-n2ncc(=O)[nH]c2=O)ccc1Cl. The van der Waals surface area contributed by atoms with Crippen LogP contribution in [0.2, 0.25) is 10.0 Å². The number of rotatable bonds is 5. The van der Waals surface area contributed by atoms with E-state index in [4.69, 9.17) is 23.2 Å². The first-order valence-electron chi connectivity index (χ1n) is 10.5. The van der Waals surface area contributed by atoms with Crippen molar-refractivity contribution in [2.24, 2.45) is 0 Å². The second-order valence-electron chi connectivity index (χ2n) is 8.34. The van der Waals surface area contributed by atoms with Crippen LogP contribution in [0.15, 0.2) is 58.3 Å². The zero-order chi connectivity index (χ0) is 24.5. The molecule has 1 aromatic heterocycles. The van der Waals surface area contributed by atoms with Gasteiger partial charge in [0.15, 0.2) is 0 Å². The summed E-state index contributed by atoms with van der Waals surface area (Å²) in [4.78, 5) is 38.5. The number of hydrogen-bond donors (Lipinski definition) is 2. The Labute approximate surface area is 202 Å². The molecule has 7 nitrogen and oxygen atoms in total. The monoisotopic (exact) mass is 508 g/mol. The molecule has 1 aliphatic rings. The lowest BCUT2D eigenvalue weighted by Crippen LogP contribution is -2.45. The number of carbonyl (C=O) groups is 1. The van der Waals surface area contributed by atoms with Crippen LogP contribution in [0.3, 0.4) is 0 Å². The number of aromatic amines is 1. The van der Waals surface area contributed by atoms with Crippen LogP contribution in [0.1, 0.15) is 41.6 Å². The topological polar surface area (TPSA) is 96.8 Å². The second-order valence-corrected chi connectivity index (χ2v) is 9.18. The van der Waals surface area contributed by atoms with Crippen molar-refractivity contribution in [1.29, 1.82) is 0 Å². The van der Waals surface area contributed by atoms with Crippen LogP contribution in [-0.4, -0.2) is 33.1 Å². The Morgan fingerprint density at radius 2 is 1.74 bits per heavy atom. The lowest BCUT2D eigenvalue weighted by molar-refractivity contribution is -0.0516. The van der Waals surface area contributed by atoms with Gasteiger partial charge in [0, 0.05) is 29.8 Å². The van der Waals surface area contributed by atoms with Crippen LogP contribution >= 0.6 is 23.2 Å². The van der Waals surface area contributed by atoms with Gasteiger partial charge in [-0.05, 0) is 48.7 Å². The molecule has 1 fully saturated rings. The Morgan fingerprint density at radius 3 is 2.38 bits per heavy atom. The maximum atomic E-state index is 13.9. The number of nitrogens with one attached hydrogen (secondary N) is 2. The highest BCUT2D eigenvalue weighted by molar-refractivity contribution is 6.34. The van der Waals surface area contributed by atoms with Crippen molar-refractivity contribution in [3.8, 4) is 5.69 Å². The van der Waals surface area contributed by atoms with Crippen LogP contribution in [0.4, 0.5) is 8.78 Å². The molecule has 4 rings (SSSR count). The van der Waals surface area contributed by atoms with Gasteiger partial charge in [-0.3, -0.25) is 14.6 Å².